The van der Waals surface area contributed by atoms with Crippen LogP contribution in [0.25, 0.3) is 0 Å². The van der Waals surface area contributed by atoms with Crippen LogP contribution in [0.15, 0.2) is 10.6 Å². The lowest BCUT2D eigenvalue weighted by molar-refractivity contribution is 0.0374. The van der Waals surface area contributed by atoms with E-state index in [1.807, 2.05) is 0 Å². The third-order valence-corrected chi connectivity index (χ3v) is 2.89. The van der Waals surface area contributed by atoms with Gasteiger partial charge < -0.3 is 14.6 Å². The summed E-state index contributed by atoms with van der Waals surface area (Å²) in [6.45, 7) is 7.01. The van der Waals surface area contributed by atoms with Gasteiger partial charge >= 0.3 is 0 Å². The van der Waals surface area contributed by atoms with Gasteiger partial charge in [-0.2, -0.15) is 0 Å². The van der Waals surface area contributed by atoms with Crippen molar-refractivity contribution in [3.05, 3.63) is 17.5 Å². The number of aromatic nitrogens is 1. The van der Waals surface area contributed by atoms with Crippen LogP contribution in [-0.2, 0) is 4.74 Å². The minimum absolute atomic E-state index is 0.197. The van der Waals surface area contributed by atoms with Gasteiger partial charge in [-0.3, -0.25) is 9.69 Å². The molecule has 0 bridgehead atoms. The molecule has 0 atom stereocenters. The number of morpholine rings is 1. The predicted octanol–water partition coefficient (Wildman–Crippen LogP) is 0.435. The fourth-order valence-electron chi connectivity index (χ4n) is 1.89. The Bertz CT molecular complexity index is 386. The topological polar surface area (TPSA) is 67.6 Å². The van der Waals surface area contributed by atoms with Gasteiger partial charge in [0.1, 0.15) is 0 Å². The van der Waals surface area contributed by atoms with Crippen LogP contribution in [0.2, 0.25) is 0 Å². The predicted molar refractivity (Wildman–Crippen MR) is 65.4 cm³/mol. The maximum atomic E-state index is 11.6. The first-order valence-electron chi connectivity index (χ1n) is 6.27. The van der Waals surface area contributed by atoms with Crippen LogP contribution in [-0.4, -0.2) is 55.4 Å². The van der Waals surface area contributed by atoms with Crippen LogP contribution in [0, 0.1) is 6.92 Å². The second-order valence-electron chi connectivity index (χ2n) is 4.40. The van der Waals surface area contributed by atoms with E-state index in [9.17, 15) is 4.79 Å². The van der Waals surface area contributed by atoms with E-state index in [-0.39, 0.29) is 11.7 Å². The first-order chi connectivity index (χ1) is 8.75. The highest BCUT2D eigenvalue weighted by atomic mass is 16.5. The zero-order chi connectivity index (χ0) is 12.8. The smallest absolute Gasteiger partial charge is 0.289 e. The molecule has 1 saturated heterocycles. The van der Waals surface area contributed by atoms with E-state index >= 15 is 0 Å². The van der Waals surface area contributed by atoms with E-state index in [4.69, 9.17) is 9.26 Å². The van der Waals surface area contributed by atoms with E-state index in [2.05, 4.69) is 15.4 Å². The SMILES string of the molecule is Cc1cc(C(=O)NCCCN2CCOCC2)on1. The van der Waals surface area contributed by atoms with Crippen molar-refractivity contribution in [1.82, 2.24) is 15.4 Å². The molecule has 100 valence electrons. The number of nitrogens with one attached hydrogen (secondary N) is 1. The third kappa shape index (κ3) is 3.82. The van der Waals surface area contributed by atoms with Gasteiger partial charge in [0.15, 0.2) is 0 Å². The van der Waals surface area contributed by atoms with E-state index in [0.717, 1.165) is 39.3 Å². The number of carbonyl (C=O) groups is 1. The quantitative estimate of drug-likeness (QED) is 0.771. The van der Waals surface area contributed by atoms with Crippen molar-refractivity contribution < 1.29 is 14.1 Å². The first kappa shape index (κ1) is 13.0. The van der Waals surface area contributed by atoms with Crippen LogP contribution in [0.1, 0.15) is 22.7 Å². The molecule has 6 nitrogen and oxygen atoms in total. The molecule has 0 unspecified atom stereocenters. The number of carbonyl (C=O) groups excluding carboxylic acids is 1. The standard InChI is InChI=1S/C12H19N3O3/c1-10-9-11(18-14-10)12(16)13-3-2-4-15-5-7-17-8-6-15/h9H,2-8H2,1H3,(H,13,16). The van der Waals surface area contributed by atoms with Gasteiger partial charge in [-0.1, -0.05) is 5.16 Å². The van der Waals surface area contributed by atoms with Crippen molar-refractivity contribution in [3.8, 4) is 0 Å². The number of hydrogen-bond donors (Lipinski definition) is 1. The monoisotopic (exact) mass is 253 g/mol. The zero-order valence-corrected chi connectivity index (χ0v) is 10.6. The molecule has 1 aliphatic heterocycles. The van der Waals surface area contributed by atoms with E-state index in [0.29, 0.717) is 12.2 Å². The van der Waals surface area contributed by atoms with Crippen LogP contribution >= 0.6 is 0 Å². The maximum absolute atomic E-state index is 11.6. The summed E-state index contributed by atoms with van der Waals surface area (Å²) in [5.74, 6) is 0.0800. The summed E-state index contributed by atoms with van der Waals surface area (Å²) in [7, 11) is 0. The highest BCUT2D eigenvalue weighted by Crippen LogP contribution is 2.02. The van der Waals surface area contributed by atoms with Crippen LogP contribution in [0.3, 0.4) is 0 Å². The number of aryl methyl sites for hydroxylation is 1. The number of rotatable bonds is 5. The largest absolute Gasteiger partial charge is 0.379 e. The summed E-state index contributed by atoms with van der Waals surface area (Å²) in [6, 6.07) is 1.64. The van der Waals surface area contributed by atoms with Gasteiger partial charge in [-0.25, -0.2) is 0 Å². The minimum Gasteiger partial charge on any atom is -0.379 e. The van der Waals surface area contributed by atoms with Crippen molar-refractivity contribution in [1.29, 1.82) is 0 Å². The molecule has 2 rings (SSSR count). The van der Waals surface area contributed by atoms with E-state index < -0.39 is 0 Å². The third-order valence-electron chi connectivity index (χ3n) is 2.89. The molecule has 2 heterocycles. The number of hydrogen-bond acceptors (Lipinski definition) is 5. The highest BCUT2D eigenvalue weighted by Gasteiger charge is 2.12. The van der Waals surface area contributed by atoms with Crippen LogP contribution < -0.4 is 5.32 Å². The second kappa shape index (κ2) is 6.51. The van der Waals surface area contributed by atoms with Crippen molar-refractivity contribution in [2.75, 3.05) is 39.4 Å². The molecule has 0 aliphatic carbocycles. The van der Waals surface area contributed by atoms with Crippen molar-refractivity contribution >= 4 is 5.91 Å². The van der Waals surface area contributed by atoms with Crippen molar-refractivity contribution in [2.45, 2.75) is 13.3 Å². The highest BCUT2D eigenvalue weighted by molar-refractivity contribution is 5.91. The molecule has 1 fully saturated rings. The summed E-state index contributed by atoms with van der Waals surface area (Å²) in [6.07, 6.45) is 0.929. The summed E-state index contributed by atoms with van der Waals surface area (Å²) < 4.78 is 10.2. The van der Waals surface area contributed by atoms with Gasteiger partial charge in [0, 0.05) is 25.7 Å². The minimum atomic E-state index is -0.197. The summed E-state index contributed by atoms with van der Waals surface area (Å²) in [5, 5.41) is 6.50. The van der Waals surface area contributed by atoms with Gasteiger partial charge in [0.05, 0.1) is 18.9 Å². The van der Waals surface area contributed by atoms with Crippen molar-refractivity contribution in [2.24, 2.45) is 0 Å². The summed E-state index contributed by atoms with van der Waals surface area (Å²) >= 11 is 0. The average molecular weight is 253 g/mol. The number of amides is 1. The molecule has 1 amide bonds. The first-order valence-corrected chi connectivity index (χ1v) is 6.27. The molecule has 0 radical (unpaired) electrons. The molecule has 18 heavy (non-hydrogen) atoms. The molecule has 1 aliphatic rings. The van der Waals surface area contributed by atoms with E-state index in [1.165, 1.54) is 0 Å². The molecule has 1 aromatic heterocycles. The van der Waals surface area contributed by atoms with Crippen molar-refractivity contribution in [3.63, 3.8) is 0 Å². The zero-order valence-electron chi connectivity index (χ0n) is 10.6. The molecule has 1 N–H and O–H groups in total. The molecule has 0 aromatic carbocycles. The molecular weight excluding hydrogens is 234 g/mol. The maximum Gasteiger partial charge on any atom is 0.289 e. The molecule has 1 aromatic rings. The Morgan fingerprint density at radius 3 is 2.94 bits per heavy atom. The number of ether oxygens (including phenoxy) is 1. The van der Waals surface area contributed by atoms with Gasteiger partial charge in [0.2, 0.25) is 5.76 Å². The van der Waals surface area contributed by atoms with Gasteiger partial charge in [-0.15, -0.1) is 0 Å². The van der Waals surface area contributed by atoms with Gasteiger partial charge in [0.25, 0.3) is 5.91 Å². The molecule has 0 saturated carbocycles. The van der Waals surface area contributed by atoms with E-state index in [1.54, 1.807) is 13.0 Å². The Kier molecular flexibility index (Phi) is 4.72. The lowest BCUT2D eigenvalue weighted by Gasteiger charge is -2.26. The Balaban J connectivity index is 1.61. The summed E-state index contributed by atoms with van der Waals surface area (Å²) in [4.78, 5) is 14.0. The summed E-state index contributed by atoms with van der Waals surface area (Å²) in [5.41, 5.74) is 0.716. The van der Waals surface area contributed by atoms with Gasteiger partial charge in [-0.05, 0) is 19.9 Å². The molecular formula is C12H19N3O3. The fourth-order valence-corrected chi connectivity index (χ4v) is 1.89. The lowest BCUT2D eigenvalue weighted by atomic mass is 10.3. The van der Waals surface area contributed by atoms with Crippen LogP contribution in [0.5, 0.6) is 0 Å². The lowest BCUT2D eigenvalue weighted by Crippen LogP contribution is -2.38. The Labute approximate surface area is 106 Å². The van der Waals surface area contributed by atoms with Crippen LogP contribution in [0.4, 0.5) is 0 Å². The normalized spacial score (nSPS) is 16.7. The Hall–Kier alpha value is -1.40. The average Bonchev–Trinajstić information content (AvgIpc) is 2.82. The fraction of sp³-hybridized carbons (Fsp3) is 0.667. The Morgan fingerprint density at radius 2 is 2.28 bits per heavy atom. The molecule has 6 heteroatoms. The Morgan fingerprint density at radius 1 is 1.50 bits per heavy atom. The second-order valence-corrected chi connectivity index (χ2v) is 4.40. The molecule has 0 spiro atoms. The number of nitrogens with zero attached hydrogens (tertiary/aromatic N) is 2.